The maximum Gasteiger partial charge on any atom is 0.0308 e. The van der Waals surface area contributed by atoms with E-state index in [1.165, 1.54) is 22.3 Å². The predicted octanol–water partition coefficient (Wildman–Crippen LogP) is 7.02. The molecule has 0 N–H and O–H groups in total. The fourth-order valence-electron chi connectivity index (χ4n) is 4.44. The average molecular weight is 363 g/mol. The molecule has 0 fully saturated rings. The van der Waals surface area contributed by atoms with Crippen LogP contribution < -0.4 is 0 Å². The molecule has 0 amide bonds. The summed E-state index contributed by atoms with van der Waals surface area (Å²) in [5.41, 5.74) is 5.30. The van der Waals surface area contributed by atoms with E-state index in [0.717, 1.165) is 6.42 Å². The number of rotatable bonds is 6. The Bertz CT molecular complexity index is 934. The summed E-state index contributed by atoms with van der Waals surface area (Å²) in [5.74, 6) is 0.318. The molecule has 0 bridgehead atoms. The van der Waals surface area contributed by atoms with Crippen molar-refractivity contribution < 1.29 is 0 Å². The maximum absolute atomic E-state index is 2.37. The van der Waals surface area contributed by atoms with Crippen molar-refractivity contribution in [3.8, 4) is 0 Å². The van der Waals surface area contributed by atoms with E-state index in [2.05, 4.69) is 128 Å². The smallest absolute Gasteiger partial charge is 0.0308 e. The van der Waals surface area contributed by atoms with E-state index in [-0.39, 0.29) is 5.41 Å². The lowest BCUT2D eigenvalue weighted by Gasteiger charge is -2.41. The second-order valence-corrected chi connectivity index (χ2v) is 7.50. The summed E-state index contributed by atoms with van der Waals surface area (Å²) in [4.78, 5) is 0. The fourth-order valence-corrected chi connectivity index (χ4v) is 4.44. The van der Waals surface area contributed by atoms with Crippen molar-refractivity contribution in [1.29, 1.82) is 0 Å². The van der Waals surface area contributed by atoms with Crippen LogP contribution in [-0.2, 0) is 11.8 Å². The van der Waals surface area contributed by atoms with Crippen LogP contribution in [0.3, 0.4) is 0 Å². The highest BCUT2D eigenvalue weighted by Gasteiger charge is 2.40. The second-order valence-electron chi connectivity index (χ2n) is 7.50. The van der Waals surface area contributed by atoms with Crippen molar-refractivity contribution in [2.75, 3.05) is 0 Å². The third-order valence-corrected chi connectivity index (χ3v) is 5.94. The molecule has 4 rings (SSSR count). The first-order valence-electron chi connectivity index (χ1n) is 10.0. The minimum atomic E-state index is -0.148. The van der Waals surface area contributed by atoms with E-state index < -0.39 is 0 Å². The van der Waals surface area contributed by atoms with Crippen molar-refractivity contribution in [3.63, 3.8) is 0 Å². The van der Waals surface area contributed by atoms with Gasteiger partial charge in [0.25, 0.3) is 0 Å². The van der Waals surface area contributed by atoms with Crippen molar-refractivity contribution in [1.82, 2.24) is 0 Å². The van der Waals surface area contributed by atoms with Crippen LogP contribution in [0.4, 0.5) is 0 Å². The average Bonchev–Trinajstić information content (AvgIpc) is 2.79. The van der Waals surface area contributed by atoms with Crippen molar-refractivity contribution in [2.45, 2.75) is 24.7 Å². The quantitative estimate of drug-likeness (QED) is 0.346. The van der Waals surface area contributed by atoms with Gasteiger partial charge in [-0.3, -0.25) is 0 Å². The molecule has 0 aliphatic rings. The normalized spacial score (nSPS) is 12.5. The van der Waals surface area contributed by atoms with Gasteiger partial charge in [-0.05, 0) is 34.6 Å². The van der Waals surface area contributed by atoms with Crippen LogP contribution in [-0.4, -0.2) is 0 Å². The van der Waals surface area contributed by atoms with Gasteiger partial charge in [-0.15, -0.1) is 0 Å². The third kappa shape index (κ3) is 3.51. The Labute approximate surface area is 168 Å². The first-order chi connectivity index (χ1) is 13.8. The van der Waals surface area contributed by atoms with E-state index in [0.29, 0.717) is 5.92 Å². The van der Waals surface area contributed by atoms with Crippen LogP contribution in [0.25, 0.3) is 0 Å². The highest BCUT2D eigenvalue weighted by Crippen LogP contribution is 2.46. The number of benzene rings is 4. The Morgan fingerprint density at radius 3 is 1.39 bits per heavy atom. The first-order valence-corrected chi connectivity index (χ1v) is 10.0. The third-order valence-electron chi connectivity index (χ3n) is 5.94. The molecule has 28 heavy (non-hydrogen) atoms. The predicted molar refractivity (Wildman–Crippen MR) is 119 cm³/mol. The van der Waals surface area contributed by atoms with Gasteiger partial charge in [0.1, 0.15) is 0 Å². The van der Waals surface area contributed by atoms with Gasteiger partial charge < -0.3 is 0 Å². The Morgan fingerprint density at radius 1 is 0.536 bits per heavy atom. The van der Waals surface area contributed by atoms with Crippen molar-refractivity contribution >= 4 is 0 Å². The molecular weight excluding hydrogens is 336 g/mol. The molecule has 0 heteroatoms. The molecule has 0 aliphatic carbocycles. The topological polar surface area (TPSA) is 0 Å². The zero-order chi connectivity index (χ0) is 19.2. The van der Waals surface area contributed by atoms with Gasteiger partial charge in [-0.2, -0.15) is 0 Å². The Kier molecular flexibility index (Phi) is 5.39. The highest BCUT2D eigenvalue weighted by atomic mass is 14.4. The van der Waals surface area contributed by atoms with E-state index >= 15 is 0 Å². The van der Waals surface area contributed by atoms with Crippen LogP contribution in [0.5, 0.6) is 0 Å². The minimum absolute atomic E-state index is 0.148. The van der Waals surface area contributed by atoms with Crippen LogP contribution in [0, 0.1) is 0 Å². The molecule has 0 nitrogen and oxygen atoms in total. The van der Waals surface area contributed by atoms with Gasteiger partial charge >= 0.3 is 0 Å². The van der Waals surface area contributed by atoms with Gasteiger partial charge in [-0.25, -0.2) is 0 Å². The molecule has 0 saturated heterocycles. The molecule has 0 aromatic heterocycles. The summed E-state index contributed by atoms with van der Waals surface area (Å²) in [6, 6.07) is 43.8. The second kappa shape index (κ2) is 8.27. The van der Waals surface area contributed by atoms with Gasteiger partial charge in [0, 0.05) is 5.41 Å². The monoisotopic (exact) mass is 362 g/mol. The highest BCUT2D eigenvalue weighted by molar-refractivity contribution is 5.46. The fraction of sp³-hybridized carbons (Fsp3) is 0.143. The molecule has 0 spiro atoms. The molecule has 0 aliphatic heterocycles. The lowest BCUT2D eigenvalue weighted by atomic mass is 9.61. The Hall–Kier alpha value is -3.12. The summed E-state index contributed by atoms with van der Waals surface area (Å²) < 4.78 is 0. The van der Waals surface area contributed by atoms with Crippen molar-refractivity contribution in [3.05, 3.63) is 144 Å². The largest absolute Gasteiger partial charge is 0.0622 e. The van der Waals surface area contributed by atoms with E-state index in [4.69, 9.17) is 0 Å². The number of hydrogen-bond donors (Lipinski definition) is 0. The molecule has 0 saturated carbocycles. The lowest BCUT2D eigenvalue weighted by molar-refractivity contribution is 0.428. The van der Waals surface area contributed by atoms with Crippen molar-refractivity contribution in [2.24, 2.45) is 0 Å². The molecular formula is C28H26. The van der Waals surface area contributed by atoms with Gasteiger partial charge in [0.15, 0.2) is 0 Å². The van der Waals surface area contributed by atoms with E-state index in [9.17, 15) is 0 Å². The van der Waals surface area contributed by atoms with Gasteiger partial charge in [0.05, 0.1) is 0 Å². The van der Waals surface area contributed by atoms with E-state index in [1.807, 2.05) is 0 Å². The van der Waals surface area contributed by atoms with Crippen LogP contribution in [0.1, 0.15) is 35.1 Å². The molecule has 4 aromatic carbocycles. The molecule has 4 aromatic rings. The Balaban J connectivity index is 1.96. The molecule has 1 unspecified atom stereocenters. The van der Waals surface area contributed by atoms with Gasteiger partial charge in [0.2, 0.25) is 0 Å². The van der Waals surface area contributed by atoms with E-state index in [1.54, 1.807) is 0 Å². The molecule has 0 heterocycles. The van der Waals surface area contributed by atoms with Gasteiger partial charge in [-0.1, -0.05) is 128 Å². The van der Waals surface area contributed by atoms with Crippen LogP contribution in [0.2, 0.25) is 0 Å². The summed E-state index contributed by atoms with van der Waals surface area (Å²) in [5, 5.41) is 0. The summed E-state index contributed by atoms with van der Waals surface area (Å²) in [6.07, 6.45) is 0.956. The zero-order valence-electron chi connectivity index (χ0n) is 16.3. The minimum Gasteiger partial charge on any atom is -0.0622 e. The molecule has 138 valence electrons. The first kappa shape index (κ1) is 18.3. The Morgan fingerprint density at radius 2 is 0.929 bits per heavy atom. The SMILES string of the molecule is CC(c1ccccc1)C(Cc1ccccc1)(c1ccccc1)c1ccccc1. The number of hydrogen-bond acceptors (Lipinski definition) is 0. The molecule has 1 atom stereocenters. The van der Waals surface area contributed by atoms with Crippen LogP contribution in [0.15, 0.2) is 121 Å². The maximum atomic E-state index is 2.37. The molecule has 0 radical (unpaired) electrons. The summed E-state index contributed by atoms with van der Waals surface area (Å²) in [6.45, 7) is 2.37. The standard InChI is InChI=1S/C28H26/c1-23(25-16-8-3-9-17-25)28(26-18-10-4-11-19-26,27-20-12-5-13-21-27)22-24-14-6-2-7-15-24/h2-21,23H,22H2,1H3. The summed E-state index contributed by atoms with van der Waals surface area (Å²) in [7, 11) is 0. The summed E-state index contributed by atoms with van der Waals surface area (Å²) >= 11 is 0. The zero-order valence-corrected chi connectivity index (χ0v) is 16.3. The lowest BCUT2D eigenvalue weighted by Crippen LogP contribution is -2.36. The van der Waals surface area contributed by atoms with Crippen LogP contribution >= 0.6 is 0 Å².